The number of rotatable bonds is 6. The second kappa shape index (κ2) is 7.65. The summed E-state index contributed by atoms with van der Waals surface area (Å²) in [6, 6.07) is -1.74. The lowest BCUT2D eigenvalue weighted by Crippen LogP contribution is -2.54. The molecular weight excluding hydrogens is 270 g/mol. The molecule has 1 fully saturated rings. The van der Waals surface area contributed by atoms with Crippen molar-refractivity contribution in [3.63, 3.8) is 0 Å². The van der Waals surface area contributed by atoms with Crippen molar-refractivity contribution in [3.8, 4) is 0 Å². The number of carboxylic acid groups (broad SMARTS) is 1. The zero-order valence-corrected chi connectivity index (χ0v) is 10.9. The van der Waals surface area contributed by atoms with Gasteiger partial charge in [-0.05, 0) is 6.42 Å². The van der Waals surface area contributed by atoms with Crippen molar-refractivity contribution < 1.29 is 29.3 Å². The lowest BCUT2D eigenvalue weighted by atomic mass is 10.1. The molecule has 9 heteroatoms. The molecule has 1 saturated heterocycles. The second-order valence-electron chi connectivity index (χ2n) is 4.47. The Balaban J connectivity index is 2.52. The summed E-state index contributed by atoms with van der Waals surface area (Å²) in [5, 5.41) is 20.3. The smallest absolute Gasteiger partial charge is 0.326 e. The van der Waals surface area contributed by atoms with E-state index in [4.69, 9.17) is 20.7 Å². The van der Waals surface area contributed by atoms with Gasteiger partial charge in [-0.15, -0.1) is 0 Å². The molecule has 0 aromatic carbocycles. The molecule has 1 unspecified atom stereocenters. The number of nitrogens with zero attached hydrogens (tertiary/aromatic N) is 1. The van der Waals surface area contributed by atoms with Gasteiger partial charge in [-0.3, -0.25) is 4.79 Å². The van der Waals surface area contributed by atoms with Crippen LogP contribution in [0.25, 0.3) is 0 Å². The Morgan fingerprint density at radius 2 is 2.15 bits per heavy atom. The number of hydrogen-bond donors (Lipinski definition) is 4. The van der Waals surface area contributed by atoms with E-state index in [1.165, 1.54) is 4.90 Å². The number of hydrogen-bond acceptors (Lipinski definition) is 5. The van der Waals surface area contributed by atoms with Crippen LogP contribution < -0.4 is 11.1 Å². The van der Waals surface area contributed by atoms with E-state index in [-0.39, 0.29) is 32.6 Å². The van der Waals surface area contributed by atoms with Crippen molar-refractivity contribution >= 4 is 17.9 Å². The van der Waals surface area contributed by atoms with Crippen LogP contribution >= 0.6 is 0 Å². The Bertz CT molecular complexity index is 375. The van der Waals surface area contributed by atoms with Gasteiger partial charge < -0.3 is 30.9 Å². The van der Waals surface area contributed by atoms with E-state index in [0.717, 1.165) is 0 Å². The van der Waals surface area contributed by atoms with Crippen molar-refractivity contribution in [1.82, 2.24) is 10.2 Å². The zero-order chi connectivity index (χ0) is 15.1. The fraction of sp³-hybridized carbons (Fsp3) is 0.727. The number of carbonyl (C=O) groups is 3. The normalized spacial score (nSPS) is 20.2. The Morgan fingerprint density at radius 3 is 2.70 bits per heavy atom. The van der Waals surface area contributed by atoms with Crippen LogP contribution in [0.2, 0.25) is 0 Å². The summed E-state index contributed by atoms with van der Waals surface area (Å²) in [6.07, 6.45) is -0.660. The number of carbonyl (C=O) groups excluding carboxylic acids is 2. The van der Waals surface area contributed by atoms with Crippen molar-refractivity contribution in [2.75, 3.05) is 26.3 Å². The fourth-order valence-corrected chi connectivity index (χ4v) is 1.80. The number of nitrogens with one attached hydrogen (secondary N) is 1. The first-order chi connectivity index (χ1) is 9.43. The molecule has 1 heterocycles. The Labute approximate surface area is 115 Å². The number of aliphatic hydroxyl groups excluding tert-OH is 1. The molecule has 1 aliphatic heterocycles. The van der Waals surface area contributed by atoms with E-state index in [0.29, 0.717) is 6.54 Å². The highest BCUT2D eigenvalue weighted by molar-refractivity contribution is 5.83. The van der Waals surface area contributed by atoms with Crippen LogP contribution in [0, 0.1) is 0 Å². The lowest BCUT2D eigenvalue weighted by molar-refractivity contribution is -0.139. The Hall–Kier alpha value is -1.87. The van der Waals surface area contributed by atoms with Crippen molar-refractivity contribution in [1.29, 1.82) is 0 Å². The van der Waals surface area contributed by atoms with Crippen LogP contribution in [-0.2, 0) is 14.3 Å². The average molecular weight is 289 g/mol. The third-order valence-corrected chi connectivity index (χ3v) is 2.90. The number of morpholine rings is 1. The monoisotopic (exact) mass is 289 g/mol. The van der Waals surface area contributed by atoms with Gasteiger partial charge >= 0.3 is 12.0 Å². The van der Waals surface area contributed by atoms with Crippen LogP contribution in [0.3, 0.4) is 0 Å². The second-order valence-corrected chi connectivity index (χ2v) is 4.47. The van der Waals surface area contributed by atoms with E-state index >= 15 is 0 Å². The molecule has 20 heavy (non-hydrogen) atoms. The maximum Gasteiger partial charge on any atom is 0.326 e. The molecule has 5 N–H and O–H groups in total. The van der Waals surface area contributed by atoms with Crippen molar-refractivity contribution in [3.05, 3.63) is 0 Å². The third kappa shape index (κ3) is 5.02. The van der Waals surface area contributed by atoms with Gasteiger partial charge in [-0.1, -0.05) is 0 Å². The van der Waals surface area contributed by atoms with Gasteiger partial charge in [0, 0.05) is 13.0 Å². The summed E-state index contributed by atoms with van der Waals surface area (Å²) in [6.45, 7) is 0.556. The highest BCUT2D eigenvalue weighted by atomic mass is 16.5. The molecular formula is C11H19N3O6. The van der Waals surface area contributed by atoms with Gasteiger partial charge in [0.2, 0.25) is 5.91 Å². The number of amides is 3. The first-order valence-corrected chi connectivity index (χ1v) is 6.23. The number of aliphatic hydroxyl groups is 1. The van der Waals surface area contributed by atoms with Crippen LogP contribution in [0.5, 0.6) is 0 Å². The van der Waals surface area contributed by atoms with Crippen LogP contribution in [0.1, 0.15) is 12.8 Å². The van der Waals surface area contributed by atoms with E-state index in [9.17, 15) is 14.4 Å². The predicted octanol–water partition coefficient (Wildman–Crippen LogP) is -1.89. The van der Waals surface area contributed by atoms with Gasteiger partial charge in [-0.2, -0.15) is 0 Å². The van der Waals surface area contributed by atoms with Crippen LogP contribution in [0.15, 0.2) is 0 Å². The van der Waals surface area contributed by atoms with Crippen molar-refractivity contribution in [2.45, 2.75) is 25.0 Å². The minimum atomic E-state index is -1.23. The number of carboxylic acids is 1. The summed E-state index contributed by atoms with van der Waals surface area (Å²) in [5.74, 6) is -1.86. The molecule has 0 aromatic heterocycles. The fourth-order valence-electron chi connectivity index (χ4n) is 1.80. The van der Waals surface area contributed by atoms with Crippen LogP contribution in [0.4, 0.5) is 4.79 Å². The minimum Gasteiger partial charge on any atom is -0.480 e. The third-order valence-electron chi connectivity index (χ3n) is 2.90. The molecule has 1 aliphatic rings. The van der Waals surface area contributed by atoms with E-state index in [2.05, 4.69) is 5.32 Å². The van der Waals surface area contributed by atoms with Gasteiger partial charge in [0.15, 0.2) is 0 Å². The number of primary amides is 1. The first kappa shape index (κ1) is 16.2. The highest BCUT2D eigenvalue weighted by Crippen LogP contribution is 2.06. The average Bonchev–Trinajstić information content (AvgIpc) is 2.42. The molecule has 1 rings (SSSR count). The molecule has 2 atom stereocenters. The quantitative estimate of drug-likeness (QED) is 0.450. The molecule has 0 spiro atoms. The topological polar surface area (TPSA) is 142 Å². The molecule has 0 bridgehead atoms. The van der Waals surface area contributed by atoms with E-state index in [1.807, 2.05) is 0 Å². The molecule has 0 aromatic rings. The molecule has 0 saturated carbocycles. The van der Waals surface area contributed by atoms with Crippen LogP contribution in [-0.4, -0.2) is 71.5 Å². The maximum atomic E-state index is 11.9. The Kier molecular flexibility index (Phi) is 6.19. The Morgan fingerprint density at radius 1 is 1.45 bits per heavy atom. The molecule has 114 valence electrons. The highest BCUT2D eigenvalue weighted by Gasteiger charge is 2.27. The number of urea groups is 1. The molecule has 3 amide bonds. The standard InChI is InChI=1S/C11H19N3O6/c12-9(16)2-1-8(10(17)18)13-11(19)14-3-4-20-7(5-14)6-15/h7-8,15H,1-6H2,(H2,12,16)(H,13,19)(H,17,18)/t7?,8-/m1/s1. The molecule has 0 radical (unpaired) electrons. The zero-order valence-electron chi connectivity index (χ0n) is 10.9. The van der Waals surface area contributed by atoms with E-state index < -0.39 is 30.1 Å². The first-order valence-electron chi connectivity index (χ1n) is 6.23. The number of ether oxygens (including phenoxy) is 1. The number of aliphatic carboxylic acids is 1. The van der Waals surface area contributed by atoms with Gasteiger partial charge in [0.05, 0.1) is 25.9 Å². The summed E-state index contributed by atoms with van der Waals surface area (Å²) >= 11 is 0. The summed E-state index contributed by atoms with van der Waals surface area (Å²) in [5.41, 5.74) is 4.95. The molecule has 0 aliphatic carbocycles. The van der Waals surface area contributed by atoms with Crippen molar-refractivity contribution in [2.24, 2.45) is 5.73 Å². The summed E-state index contributed by atoms with van der Waals surface area (Å²) in [7, 11) is 0. The summed E-state index contributed by atoms with van der Waals surface area (Å²) < 4.78 is 5.19. The lowest BCUT2D eigenvalue weighted by Gasteiger charge is -2.32. The predicted molar refractivity (Wildman–Crippen MR) is 66.8 cm³/mol. The van der Waals surface area contributed by atoms with Gasteiger partial charge in [-0.25, -0.2) is 9.59 Å². The summed E-state index contributed by atoms with van der Waals surface area (Å²) in [4.78, 5) is 34.9. The largest absolute Gasteiger partial charge is 0.480 e. The minimum absolute atomic E-state index is 0.0653. The SMILES string of the molecule is NC(=O)CC[C@@H](NC(=O)N1CCOC(CO)C1)C(=O)O. The van der Waals surface area contributed by atoms with Gasteiger partial charge in [0.25, 0.3) is 0 Å². The molecule has 9 nitrogen and oxygen atoms in total. The maximum absolute atomic E-state index is 11.9. The van der Waals surface area contributed by atoms with E-state index in [1.54, 1.807) is 0 Å². The number of nitrogens with two attached hydrogens (primary N) is 1. The van der Waals surface area contributed by atoms with Gasteiger partial charge in [0.1, 0.15) is 6.04 Å².